The molecule has 26 heavy (non-hydrogen) atoms. The second-order valence-electron chi connectivity index (χ2n) is 5.83. The molecule has 2 heterocycles. The summed E-state index contributed by atoms with van der Waals surface area (Å²) in [7, 11) is 0. The van der Waals surface area contributed by atoms with Crippen LogP contribution in [0.15, 0.2) is 23.0 Å². The molecular weight excluding hydrogens is 356 g/mol. The minimum absolute atomic E-state index is 0.00673. The van der Waals surface area contributed by atoms with E-state index >= 15 is 0 Å². The van der Waals surface area contributed by atoms with Gasteiger partial charge in [0.25, 0.3) is 5.56 Å². The molecule has 0 fully saturated rings. The van der Waals surface area contributed by atoms with Gasteiger partial charge in [0, 0.05) is 5.92 Å². The maximum absolute atomic E-state index is 14.3. The Labute approximate surface area is 144 Å². The number of aliphatic hydroxyl groups is 1. The van der Waals surface area contributed by atoms with Crippen molar-refractivity contribution in [2.24, 2.45) is 0 Å². The van der Waals surface area contributed by atoms with E-state index in [2.05, 4.69) is 15.1 Å². The Balaban J connectivity index is 2.17. The van der Waals surface area contributed by atoms with Crippen molar-refractivity contribution in [3.8, 4) is 0 Å². The van der Waals surface area contributed by atoms with E-state index in [-0.39, 0.29) is 28.4 Å². The Kier molecular flexibility index (Phi) is 4.31. The van der Waals surface area contributed by atoms with Gasteiger partial charge in [-0.1, -0.05) is 13.0 Å². The number of aryl methyl sites for hydroxylation is 1. The third-order valence-electron chi connectivity index (χ3n) is 4.04. The quantitative estimate of drug-likeness (QED) is 0.694. The summed E-state index contributed by atoms with van der Waals surface area (Å²) in [5.41, 5.74) is -1.60. The molecule has 0 saturated carbocycles. The molecule has 0 spiro atoms. The summed E-state index contributed by atoms with van der Waals surface area (Å²) in [6.07, 6.45) is -4.65. The maximum Gasteiger partial charge on any atom is 0.416 e. The zero-order chi connectivity index (χ0) is 19.2. The molecule has 0 radical (unpaired) electrons. The van der Waals surface area contributed by atoms with E-state index in [0.29, 0.717) is 6.07 Å². The Morgan fingerprint density at radius 2 is 2.04 bits per heavy atom. The predicted octanol–water partition coefficient (Wildman–Crippen LogP) is 2.53. The number of fused-ring (bicyclic) bond motifs is 1. The number of nitrogens with one attached hydrogen (secondary N) is 1. The SMILES string of the molecule is Cc1nn2c(C(C)c3ccc(C(F)(F)F)cc3F)nc(CO)c2c(=O)[nH]1. The van der Waals surface area contributed by atoms with Crippen LogP contribution < -0.4 is 5.56 Å². The van der Waals surface area contributed by atoms with Crippen LogP contribution in [0.2, 0.25) is 0 Å². The van der Waals surface area contributed by atoms with Gasteiger partial charge >= 0.3 is 6.18 Å². The van der Waals surface area contributed by atoms with Crippen LogP contribution in [0, 0.1) is 12.7 Å². The van der Waals surface area contributed by atoms with E-state index in [0.717, 1.165) is 12.1 Å². The van der Waals surface area contributed by atoms with Crippen LogP contribution in [0.3, 0.4) is 0 Å². The number of benzene rings is 1. The minimum Gasteiger partial charge on any atom is -0.390 e. The summed E-state index contributed by atoms with van der Waals surface area (Å²) < 4.78 is 53.6. The molecular formula is C16H14F4N4O2. The molecule has 1 atom stereocenters. The lowest BCUT2D eigenvalue weighted by atomic mass is 9.98. The first-order valence-corrected chi connectivity index (χ1v) is 7.59. The zero-order valence-corrected chi connectivity index (χ0v) is 13.7. The molecule has 138 valence electrons. The van der Waals surface area contributed by atoms with Crippen molar-refractivity contribution in [3.63, 3.8) is 0 Å². The second-order valence-corrected chi connectivity index (χ2v) is 5.83. The Morgan fingerprint density at radius 1 is 1.35 bits per heavy atom. The molecule has 10 heteroatoms. The predicted molar refractivity (Wildman–Crippen MR) is 83.2 cm³/mol. The van der Waals surface area contributed by atoms with E-state index in [1.54, 1.807) is 0 Å². The minimum atomic E-state index is -4.65. The number of imidazole rings is 1. The standard InChI is InChI=1S/C16H14F4N4O2/c1-7(10-4-3-9(5-11(10)17)16(18,19)20)14-22-12(6-25)13-15(26)21-8(2)23-24(13)14/h3-5,7,25H,6H2,1-2H3,(H,21,23,26). The number of rotatable bonds is 3. The van der Waals surface area contributed by atoms with Gasteiger partial charge in [-0.05, 0) is 24.6 Å². The number of halogens is 4. The van der Waals surface area contributed by atoms with Crippen molar-refractivity contribution in [2.45, 2.75) is 32.5 Å². The van der Waals surface area contributed by atoms with Crippen LogP contribution in [0.5, 0.6) is 0 Å². The fraction of sp³-hybridized carbons (Fsp3) is 0.312. The van der Waals surface area contributed by atoms with Gasteiger partial charge in [0.1, 0.15) is 17.5 Å². The van der Waals surface area contributed by atoms with Crippen molar-refractivity contribution in [1.29, 1.82) is 0 Å². The summed E-state index contributed by atoms with van der Waals surface area (Å²) in [5.74, 6) is -1.45. The smallest absolute Gasteiger partial charge is 0.390 e. The fourth-order valence-electron chi connectivity index (χ4n) is 2.79. The van der Waals surface area contributed by atoms with E-state index in [9.17, 15) is 27.5 Å². The highest BCUT2D eigenvalue weighted by atomic mass is 19.4. The van der Waals surface area contributed by atoms with Crippen molar-refractivity contribution in [1.82, 2.24) is 19.6 Å². The summed E-state index contributed by atoms with van der Waals surface area (Å²) in [5, 5.41) is 13.5. The van der Waals surface area contributed by atoms with Gasteiger partial charge in [0.05, 0.1) is 17.9 Å². The highest BCUT2D eigenvalue weighted by molar-refractivity contribution is 5.51. The Morgan fingerprint density at radius 3 is 2.62 bits per heavy atom. The van der Waals surface area contributed by atoms with Crippen molar-refractivity contribution >= 4 is 5.52 Å². The maximum atomic E-state index is 14.3. The van der Waals surface area contributed by atoms with E-state index < -0.39 is 35.6 Å². The number of nitrogens with zero attached hydrogens (tertiary/aromatic N) is 3. The first-order chi connectivity index (χ1) is 12.1. The van der Waals surface area contributed by atoms with Gasteiger partial charge in [0.15, 0.2) is 5.52 Å². The number of aromatic amines is 1. The van der Waals surface area contributed by atoms with Crippen molar-refractivity contribution in [2.75, 3.05) is 0 Å². The van der Waals surface area contributed by atoms with Gasteiger partial charge in [-0.3, -0.25) is 4.79 Å². The molecule has 1 aromatic carbocycles. The van der Waals surface area contributed by atoms with Gasteiger partial charge in [0.2, 0.25) is 0 Å². The molecule has 6 nitrogen and oxygen atoms in total. The highest BCUT2D eigenvalue weighted by Crippen LogP contribution is 2.33. The van der Waals surface area contributed by atoms with E-state index in [1.807, 2.05) is 0 Å². The molecule has 0 aliphatic carbocycles. The normalized spacial score (nSPS) is 13.3. The molecule has 1 unspecified atom stereocenters. The monoisotopic (exact) mass is 370 g/mol. The van der Waals surface area contributed by atoms with Gasteiger partial charge in [-0.15, -0.1) is 0 Å². The third-order valence-corrected chi connectivity index (χ3v) is 4.04. The number of alkyl halides is 3. The molecule has 3 rings (SSSR count). The van der Waals surface area contributed by atoms with Crippen LogP contribution in [-0.2, 0) is 12.8 Å². The van der Waals surface area contributed by atoms with Gasteiger partial charge in [-0.2, -0.15) is 18.3 Å². The molecule has 0 amide bonds. The number of hydrogen-bond acceptors (Lipinski definition) is 4. The number of hydrogen-bond donors (Lipinski definition) is 2. The topological polar surface area (TPSA) is 83.3 Å². The number of H-pyrrole nitrogens is 1. The van der Waals surface area contributed by atoms with E-state index in [4.69, 9.17) is 0 Å². The molecule has 0 saturated heterocycles. The van der Waals surface area contributed by atoms with Crippen LogP contribution in [0.4, 0.5) is 17.6 Å². The van der Waals surface area contributed by atoms with Crippen LogP contribution in [0.1, 0.15) is 41.3 Å². The van der Waals surface area contributed by atoms with Crippen LogP contribution in [0.25, 0.3) is 5.52 Å². The highest BCUT2D eigenvalue weighted by Gasteiger charge is 2.32. The van der Waals surface area contributed by atoms with Crippen LogP contribution >= 0.6 is 0 Å². The molecule has 0 aliphatic heterocycles. The summed E-state index contributed by atoms with van der Waals surface area (Å²) >= 11 is 0. The lowest BCUT2D eigenvalue weighted by Crippen LogP contribution is -2.17. The molecule has 3 aromatic rings. The molecule has 2 aromatic heterocycles. The Hall–Kier alpha value is -2.75. The molecule has 0 aliphatic rings. The summed E-state index contributed by atoms with van der Waals surface area (Å²) in [6.45, 7) is 2.52. The molecule has 0 bridgehead atoms. The third kappa shape index (κ3) is 2.96. The summed E-state index contributed by atoms with van der Waals surface area (Å²) in [4.78, 5) is 18.7. The zero-order valence-electron chi connectivity index (χ0n) is 13.7. The summed E-state index contributed by atoms with van der Waals surface area (Å²) in [6, 6.07) is 2.23. The largest absolute Gasteiger partial charge is 0.416 e. The molecule has 2 N–H and O–H groups in total. The number of aliphatic hydroxyl groups excluding tert-OH is 1. The second kappa shape index (κ2) is 6.20. The average molecular weight is 370 g/mol. The fourth-order valence-corrected chi connectivity index (χ4v) is 2.79. The van der Waals surface area contributed by atoms with E-state index in [1.165, 1.54) is 18.4 Å². The first kappa shape index (κ1) is 18.1. The number of aromatic nitrogens is 4. The Bertz CT molecular complexity index is 1040. The first-order valence-electron chi connectivity index (χ1n) is 7.59. The lowest BCUT2D eigenvalue weighted by Gasteiger charge is -2.14. The van der Waals surface area contributed by atoms with Gasteiger partial charge < -0.3 is 10.1 Å². The average Bonchev–Trinajstić information content (AvgIpc) is 2.92. The van der Waals surface area contributed by atoms with Crippen molar-refractivity contribution in [3.05, 3.63) is 62.8 Å². The lowest BCUT2D eigenvalue weighted by molar-refractivity contribution is -0.137. The van der Waals surface area contributed by atoms with Crippen molar-refractivity contribution < 1.29 is 22.7 Å². The van der Waals surface area contributed by atoms with Gasteiger partial charge in [-0.25, -0.2) is 13.9 Å². The van der Waals surface area contributed by atoms with Crippen LogP contribution in [-0.4, -0.2) is 24.7 Å².